The van der Waals surface area contributed by atoms with E-state index in [-0.39, 0.29) is 17.7 Å². The molecule has 1 aromatic rings. The molecule has 0 bridgehead atoms. The lowest BCUT2D eigenvalue weighted by atomic mass is 10.0. The van der Waals surface area contributed by atoms with Crippen LogP contribution in [-0.4, -0.2) is 27.2 Å². The van der Waals surface area contributed by atoms with E-state index in [0.29, 0.717) is 5.56 Å². The Morgan fingerprint density at radius 1 is 1.56 bits per heavy atom. The number of rotatable bonds is 4. The molecule has 0 spiro atoms. The summed E-state index contributed by atoms with van der Waals surface area (Å²) in [4.78, 5) is 20.5. The van der Waals surface area contributed by atoms with Crippen LogP contribution in [-0.2, 0) is 11.2 Å². The Kier molecular flexibility index (Phi) is 3.57. The van der Waals surface area contributed by atoms with Crippen molar-refractivity contribution >= 4 is 11.7 Å². The Morgan fingerprint density at radius 3 is 2.69 bits per heavy atom. The van der Waals surface area contributed by atoms with E-state index in [1.165, 1.54) is 12.1 Å². The number of carboxylic acid groups (broad SMARTS) is 1. The van der Waals surface area contributed by atoms with E-state index in [2.05, 4.69) is 0 Å². The summed E-state index contributed by atoms with van der Waals surface area (Å²) in [5.74, 6) is -1.39. The number of benzene rings is 1. The van der Waals surface area contributed by atoms with Crippen LogP contribution in [0.4, 0.5) is 5.69 Å². The molecule has 1 aromatic carbocycles. The maximum Gasteiger partial charge on any atom is 0.332 e. The van der Waals surface area contributed by atoms with Crippen LogP contribution in [0.25, 0.3) is 0 Å². The lowest BCUT2D eigenvalue weighted by Gasteiger charge is -2.06. The highest BCUT2D eigenvalue weighted by Crippen LogP contribution is 2.21. The van der Waals surface area contributed by atoms with Gasteiger partial charge >= 0.3 is 5.97 Å². The van der Waals surface area contributed by atoms with Gasteiger partial charge in [0.2, 0.25) is 0 Å². The number of carbonyl (C=O) groups is 1. The van der Waals surface area contributed by atoms with Crippen LogP contribution in [0.2, 0.25) is 0 Å². The maximum atomic E-state index is 10.7. The van der Waals surface area contributed by atoms with Crippen molar-refractivity contribution < 1.29 is 19.9 Å². The first-order valence-electron chi connectivity index (χ1n) is 4.56. The van der Waals surface area contributed by atoms with Crippen molar-refractivity contribution in [1.29, 1.82) is 0 Å². The van der Waals surface area contributed by atoms with Gasteiger partial charge in [0, 0.05) is 18.1 Å². The van der Waals surface area contributed by atoms with Crippen LogP contribution < -0.4 is 0 Å². The minimum atomic E-state index is -1.62. The molecule has 0 aromatic heterocycles. The minimum Gasteiger partial charge on any atom is -0.479 e. The molecule has 1 rings (SSSR count). The third kappa shape index (κ3) is 2.77. The zero-order chi connectivity index (χ0) is 12.3. The van der Waals surface area contributed by atoms with E-state index in [1.807, 2.05) is 0 Å². The Bertz CT molecular complexity index is 429. The smallest absolute Gasteiger partial charge is 0.332 e. The molecule has 0 aliphatic carbocycles. The largest absolute Gasteiger partial charge is 0.479 e. The number of hydrogen-bond acceptors (Lipinski definition) is 4. The average molecular weight is 225 g/mol. The molecule has 0 radical (unpaired) electrons. The van der Waals surface area contributed by atoms with Gasteiger partial charge in [0.05, 0.1) is 4.92 Å². The Balaban J connectivity index is 3.04. The average Bonchev–Trinajstić information content (AvgIpc) is 2.20. The first kappa shape index (κ1) is 12.1. The number of nitro benzene ring substituents is 1. The molecule has 6 heteroatoms. The number of hydrogen-bond donors (Lipinski definition) is 2. The second kappa shape index (κ2) is 4.71. The van der Waals surface area contributed by atoms with E-state index in [1.54, 1.807) is 13.0 Å². The normalized spacial score (nSPS) is 12.1. The van der Waals surface area contributed by atoms with Crippen molar-refractivity contribution in [2.24, 2.45) is 0 Å². The second-order valence-corrected chi connectivity index (χ2v) is 3.45. The van der Waals surface area contributed by atoms with Gasteiger partial charge in [0.1, 0.15) is 0 Å². The van der Waals surface area contributed by atoms with Crippen molar-refractivity contribution in [3.8, 4) is 0 Å². The molecule has 0 saturated heterocycles. The quantitative estimate of drug-likeness (QED) is 0.585. The highest BCUT2D eigenvalue weighted by molar-refractivity contribution is 5.72. The number of aliphatic carboxylic acids is 1. The van der Waals surface area contributed by atoms with Gasteiger partial charge in [-0.15, -0.1) is 0 Å². The maximum absolute atomic E-state index is 10.7. The van der Waals surface area contributed by atoms with Gasteiger partial charge in [0.15, 0.2) is 6.10 Å². The number of nitro groups is 1. The Labute approximate surface area is 91.3 Å². The van der Waals surface area contributed by atoms with Crippen molar-refractivity contribution in [3.63, 3.8) is 0 Å². The Morgan fingerprint density at radius 2 is 2.19 bits per heavy atom. The number of nitrogens with zero attached hydrogens (tertiary/aromatic N) is 1. The minimum absolute atomic E-state index is 0.166. The van der Waals surface area contributed by atoms with Crippen molar-refractivity contribution in [2.45, 2.75) is 19.4 Å². The van der Waals surface area contributed by atoms with Gasteiger partial charge in [-0.05, 0) is 12.5 Å². The third-order valence-corrected chi connectivity index (χ3v) is 2.14. The van der Waals surface area contributed by atoms with Gasteiger partial charge in [0.25, 0.3) is 5.69 Å². The fourth-order valence-corrected chi connectivity index (χ4v) is 1.31. The highest BCUT2D eigenvalue weighted by atomic mass is 16.6. The van der Waals surface area contributed by atoms with Gasteiger partial charge in [-0.1, -0.05) is 12.1 Å². The summed E-state index contributed by atoms with van der Waals surface area (Å²) in [6.45, 7) is 1.70. The molecule has 0 heterocycles. The molecular formula is C10H11NO5. The molecule has 16 heavy (non-hydrogen) atoms. The van der Waals surface area contributed by atoms with E-state index in [4.69, 9.17) is 10.2 Å². The van der Waals surface area contributed by atoms with Crippen LogP contribution in [0, 0.1) is 17.0 Å². The van der Waals surface area contributed by atoms with E-state index < -0.39 is 17.0 Å². The van der Waals surface area contributed by atoms with Crippen LogP contribution in [0.1, 0.15) is 11.1 Å². The Hall–Kier alpha value is -1.95. The summed E-state index contributed by atoms with van der Waals surface area (Å²) in [5, 5.41) is 28.3. The van der Waals surface area contributed by atoms with Crippen molar-refractivity contribution in [1.82, 2.24) is 0 Å². The molecule has 0 aliphatic rings. The summed E-state index contributed by atoms with van der Waals surface area (Å²) in [6, 6.07) is 4.44. The molecular weight excluding hydrogens is 214 g/mol. The predicted molar refractivity (Wildman–Crippen MR) is 55.2 cm³/mol. The molecule has 0 amide bonds. The number of carboxylic acids is 1. The van der Waals surface area contributed by atoms with Gasteiger partial charge in [-0.25, -0.2) is 4.79 Å². The highest BCUT2D eigenvalue weighted by Gasteiger charge is 2.20. The van der Waals surface area contributed by atoms with Gasteiger partial charge < -0.3 is 10.2 Å². The van der Waals surface area contributed by atoms with Gasteiger partial charge in [-0.2, -0.15) is 0 Å². The van der Waals surface area contributed by atoms with Crippen LogP contribution in [0.5, 0.6) is 0 Å². The summed E-state index contributed by atoms with van der Waals surface area (Å²) in [5.41, 5.74) is 0.756. The van der Waals surface area contributed by atoms with Crippen LogP contribution in [0.15, 0.2) is 18.2 Å². The lowest BCUT2D eigenvalue weighted by molar-refractivity contribution is -0.385. The number of aliphatic hydroxyl groups is 1. The monoisotopic (exact) mass is 225 g/mol. The summed E-state index contributed by atoms with van der Waals surface area (Å²) in [6.07, 6.45) is -1.90. The van der Waals surface area contributed by atoms with Crippen molar-refractivity contribution in [3.05, 3.63) is 39.4 Å². The van der Waals surface area contributed by atoms with Crippen molar-refractivity contribution in [2.75, 3.05) is 0 Å². The predicted octanol–water partition coefficient (Wildman–Crippen LogP) is 0.891. The van der Waals surface area contributed by atoms with Crippen LogP contribution >= 0.6 is 0 Å². The molecule has 2 N–H and O–H groups in total. The molecule has 0 fully saturated rings. The lowest BCUT2D eigenvalue weighted by Crippen LogP contribution is -2.22. The van der Waals surface area contributed by atoms with Crippen LogP contribution in [0.3, 0.4) is 0 Å². The molecule has 6 nitrogen and oxygen atoms in total. The van der Waals surface area contributed by atoms with E-state index in [9.17, 15) is 14.9 Å². The van der Waals surface area contributed by atoms with Gasteiger partial charge in [-0.3, -0.25) is 10.1 Å². The second-order valence-electron chi connectivity index (χ2n) is 3.45. The summed E-state index contributed by atoms with van der Waals surface area (Å²) in [7, 11) is 0. The number of aliphatic hydroxyl groups excluding tert-OH is 1. The summed E-state index contributed by atoms with van der Waals surface area (Å²) < 4.78 is 0. The molecule has 0 aliphatic heterocycles. The third-order valence-electron chi connectivity index (χ3n) is 2.14. The van der Waals surface area contributed by atoms with E-state index >= 15 is 0 Å². The standard InChI is InChI=1S/C10H11NO5/c1-6-2-3-7(5-9(12)10(13)14)8(4-6)11(15)16/h2-4,9,12H,5H2,1H3,(H,13,14). The molecule has 86 valence electrons. The first-order valence-corrected chi connectivity index (χ1v) is 4.56. The zero-order valence-corrected chi connectivity index (χ0v) is 8.58. The molecule has 0 saturated carbocycles. The first-order chi connectivity index (χ1) is 7.41. The summed E-state index contributed by atoms with van der Waals surface area (Å²) >= 11 is 0. The topological polar surface area (TPSA) is 101 Å². The SMILES string of the molecule is Cc1ccc(CC(O)C(=O)O)c([N+](=O)[O-])c1. The van der Waals surface area contributed by atoms with E-state index in [0.717, 1.165) is 0 Å². The fourth-order valence-electron chi connectivity index (χ4n) is 1.31. The fraction of sp³-hybridized carbons (Fsp3) is 0.300. The molecule has 1 atom stereocenters. The zero-order valence-electron chi connectivity index (χ0n) is 8.58. The number of aryl methyl sites for hydroxylation is 1. The molecule has 1 unspecified atom stereocenters.